The molecule has 1 heterocycles. The van der Waals surface area contributed by atoms with Gasteiger partial charge >= 0.3 is 6.09 Å². The molecular weight excluding hydrogens is 274 g/mol. The second kappa shape index (κ2) is 9.29. The van der Waals surface area contributed by atoms with Crippen molar-refractivity contribution < 1.29 is 9.53 Å². The minimum absolute atomic E-state index is 0.00435. The van der Waals surface area contributed by atoms with E-state index in [1.807, 2.05) is 12.2 Å². The third kappa shape index (κ3) is 5.92. The van der Waals surface area contributed by atoms with Gasteiger partial charge in [0.05, 0.1) is 6.04 Å². The first-order valence-corrected chi connectivity index (χ1v) is 8.48. The molecule has 3 nitrogen and oxygen atoms in total. The molecule has 1 fully saturated rings. The number of carbonyl (C=O) groups excluding carboxylic acids is 1. The maximum absolute atomic E-state index is 10.9. The monoisotopic (exact) mass is 301 g/mol. The van der Waals surface area contributed by atoms with E-state index in [1.165, 1.54) is 50.5 Å². The molecule has 0 bridgehead atoms. The molecule has 1 N–H and O–H groups in total. The lowest BCUT2D eigenvalue weighted by molar-refractivity contribution is 0.177. The predicted octanol–water partition coefficient (Wildman–Crippen LogP) is 4.71. The lowest BCUT2D eigenvalue weighted by Gasteiger charge is -2.03. The molecule has 1 atom stereocenters. The highest BCUT2D eigenvalue weighted by Crippen LogP contribution is 2.12. The number of cyclic esters (lactones) is 1. The summed E-state index contributed by atoms with van der Waals surface area (Å²) in [6.07, 6.45) is 12.9. The molecule has 1 amide bonds. The van der Waals surface area contributed by atoms with Crippen LogP contribution in [0, 0.1) is 0 Å². The predicted molar refractivity (Wildman–Crippen MR) is 90.8 cm³/mol. The van der Waals surface area contributed by atoms with Gasteiger partial charge in [-0.05, 0) is 24.0 Å². The summed E-state index contributed by atoms with van der Waals surface area (Å²) in [7, 11) is 0. The Bertz CT molecular complexity index is 479. The van der Waals surface area contributed by atoms with Crippen LogP contribution in [-0.4, -0.2) is 18.7 Å². The van der Waals surface area contributed by atoms with Crippen LogP contribution in [0.25, 0.3) is 6.08 Å². The Balaban J connectivity index is 1.69. The minimum Gasteiger partial charge on any atom is -0.447 e. The smallest absolute Gasteiger partial charge is 0.407 e. The summed E-state index contributed by atoms with van der Waals surface area (Å²) in [5.41, 5.74) is 2.57. The van der Waals surface area contributed by atoms with Gasteiger partial charge in [-0.3, -0.25) is 0 Å². The summed E-state index contributed by atoms with van der Waals surface area (Å²) in [6, 6.07) is 8.68. The van der Waals surface area contributed by atoms with Crippen molar-refractivity contribution in [1.29, 1.82) is 0 Å². The first-order chi connectivity index (χ1) is 10.8. The Morgan fingerprint density at radius 1 is 1.14 bits per heavy atom. The van der Waals surface area contributed by atoms with Crippen LogP contribution < -0.4 is 5.32 Å². The van der Waals surface area contributed by atoms with Crippen molar-refractivity contribution in [2.75, 3.05) is 6.61 Å². The molecule has 1 aromatic rings. The van der Waals surface area contributed by atoms with E-state index in [9.17, 15) is 4.79 Å². The van der Waals surface area contributed by atoms with E-state index < -0.39 is 0 Å². The van der Waals surface area contributed by atoms with Crippen LogP contribution in [0.15, 0.2) is 30.3 Å². The van der Waals surface area contributed by atoms with Crippen molar-refractivity contribution in [3.8, 4) is 0 Å². The maximum Gasteiger partial charge on any atom is 0.407 e. The Hall–Kier alpha value is -1.77. The number of alkyl carbamates (subject to hydrolysis) is 1. The van der Waals surface area contributed by atoms with Crippen molar-refractivity contribution in [2.45, 2.75) is 57.9 Å². The lowest BCUT2D eigenvalue weighted by Crippen LogP contribution is -2.23. The molecule has 1 saturated heterocycles. The van der Waals surface area contributed by atoms with Gasteiger partial charge in [0.25, 0.3) is 0 Å². The highest BCUT2D eigenvalue weighted by molar-refractivity contribution is 5.70. The summed E-state index contributed by atoms with van der Waals surface area (Å²) >= 11 is 0. The molecule has 0 aromatic heterocycles. The Morgan fingerprint density at radius 2 is 1.86 bits per heavy atom. The second-order valence-electron chi connectivity index (χ2n) is 5.97. The molecule has 120 valence electrons. The van der Waals surface area contributed by atoms with Crippen molar-refractivity contribution in [3.63, 3.8) is 0 Å². The Labute approximate surface area is 133 Å². The average Bonchev–Trinajstić information content (AvgIpc) is 2.95. The number of rotatable bonds is 9. The number of unbranched alkanes of at least 4 members (excludes halogenated alkanes) is 5. The first-order valence-electron chi connectivity index (χ1n) is 8.48. The van der Waals surface area contributed by atoms with Crippen LogP contribution in [0.4, 0.5) is 4.79 Å². The normalized spacial score (nSPS) is 17.7. The molecule has 22 heavy (non-hydrogen) atoms. The van der Waals surface area contributed by atoms with Crippen LogP contribution in [0.5, 0.6) is 0 Å². The van der Waals surface area contributed by atoms with Gasteiger partial charge in [-0.25, -0.2) is 4.79 Å². The van der Waals surface area contributed by atoms with Gasteiger partial charge in [-0.1, -0.05) is 75.4 Å². The van der Waals surface area contributed by atoms with E-state index >= 15 is 0 Å². The zero-order valence-corrected chi connectivity index (χ0v) is 13.5. The highest BCUT2D eigenvalue weighted by Gasteiger charge is 2.18. The van der Waals surface area contributed by atoms with Crippen molar-refractivity contribution in [1.82, 2.24) is 5.32 Å². The van der Waals surface area contributed by atoms with E-state index in [0.29, 0.717) is 6.61 Å². The quantitative estimate of drug-likeness (QED) is 0.671. The van der Waals surface area contributed by atoms with Gasteiger partial charge in [-0.15, -0.1) is 0 Å². The fourth-order valence-electron chi connectivity index (χ4n) is 2.64. The van der Waals surface area contributed by atoms with E-state index in [1.54, 1.807) is 0 Å². The molecule has 1 unspecified atom stereocenters. The zero-order valence-electron chi connectivity index (χ0n) is 13.5. The van der Waals surface area contributed by atoms with Gasteiger partial charge in [0, 0.05) is 0 Å². The summed E-state index contributed by atoms with van der Waals surface area (Å²) < 4.78 is 4.85. The number of amides is 1. The van der Waals surface area contributed by atoms with Crippen LogP contribution in [0.3, 0.4) is 0 Å². The number of ether oxygens (including phenoxy) is 1. The van der Waals surface area contributed by atoms with E-state index in [0.717, 1.165) is 5.56 Å². The third-order valence-electron chi connectivity index (χ3n) is 4.02. The SMILES string of the molecule is CCCCCCCCc1ccc(C=CC2COC(=O)N2)cc1. The molecule has 0 radical (unpaired) electrons. The molecule has 0 aliphatic carbocycles. The van der Waals surface area contributed by atoms with E-state index in [2.05, 4.69) is 36.5 Å². The summed E-state index contributed by atoms with van der Waals surface area (Å²) in [6.45, 7) is 2.68. The van der Waals surface area contributed by atoms with Gasteiger partial charge in [-0.2, -0.15) is 0 Å². The molecule has 0 spiro atoms. The Morgan fingerprint density at radius 3 is 2.55 bits per heavy atom. The van der Waals surface area contributed by atoms with Crippen molar-refractivity contribution >= 4 is 12.2 Å². The van der Waals surface area contributed by atoms with E-state index in [4.69, 9.17) is 4.74 Å². The number of hydrogen-bond acceptors (Lipinski definition) is 2. The Kier molecular flexibility index (Phi) is 7.01. The number of carbonyl (C=O) groups is 1. The largest absolute Gasteiger partial charge is 0.447 e. The van der Waals surface area contributed by atoms with Crippen LogP contribution >= 0.6 is 0 Å². The molecule has 1 aliphatic heterocycles. The number of aryl methyl sites for hydroxylation is 1. The molecule has 3 heteroatoms. The molecule has 0 saturated carbocycles. The molecule has 2 rings (SSSR count). The topological polar surface area (TPSA) is 38.3 Å². The molecular formula is C19H27NO2. The van der Waals surface area contributed by atoms with Gasteiger partial charge < -0.3 is 10.1 Å². The van der Waals surface area contributed by atoms with Crippen LogP contribution in [-0.2, 0) is 11.2 Å². The summed E-state index contributed by atoms with van der Waals surface area (Å²) in [5, 5.41) is 2.74. The van der Waals surface area contributed by atoms with Crippen LogP contribution in [0.1, 0.15) is 56.6 Å². The number of hydrogen-bond donors (Lipinski definition) is 1. The van der Waals surface area contributed by atoms with Crippen molar-refractivity contribution in [3.05, 3.63) is 41.5 Å². The minimum atomic E-state index is -0.330. The number of nitrogens with one attached hydrogen (secondary N) is 1. The zero-order chi connectivity index (χ0) is 15.6. The average molecular weight is 301 g/mol. The van der Waals surface area contributed by atoms with Gasteiger partial charge in [0.15, 0.2) is 0 Å². The van der Waals surface area contributed by atoms with Gasteiger partial charge in [0.2, 0.25) is 0 Å². The van der Waals surface area contributed by atoms with E-state index in [-0.39, 0.29) is 12.1 Å². The molecule has 1 aromatic carbocycles. The number of benzene rings is 1. The first kappa shape index (κ1) is 16.6. The highest BCUT2D eigenvalue weighted by atomic mass is 16.6. The maximum atomic E-state index is 10.9. The fourth-order valence-corrected chi connectivity index (χ4v) is 2.64. The van der Waals surface area contributed by atoms with Gasteiger partial charge in [0.1, 0.15) is 6.61 Å². The standard InChI is InChI=1S/C19H27NO2/c1-2-3-4-5-6-7-8-16-9-11-17(12-10-16)13-14-18-15-22-19(21)20-18/h9-14,18H,2-8,15H2,1H3,(H,20,21). The molecule has 1 aliphatic rings. The summed E-state index contributed by atoms with van der Waals surface area (Å²) in [5.74, 6) is 0. The second-order valence-corrected chi connectivity index (χ2v) is 5.97. The summed E-state index contributed by atoms with van der Waals surface area (Å²) in [4.78, 5) is 10.9. The lowest BCUT2D eigenvalue weighted by atomic mass is 10.0. The fraction of sp³-hybridized carbons (Fsp3) is 0.526. The van der Waals surface area contributed by atoms with Crippen LogP contribution in [0.2, 0.25) is 0 Å². The van der Waals surface area contributed by atoms with Crippen molar-refractivity contribution in [2.24, 2.45) is 0 Å². The third-order valence-corrected chi connectivity index (χ3v) is 4.02.